The number of aromatic nitrogens is 2. The van der Waals surface area contributed by atoms with Gasteiger partial charge in [0.15, 0.2) is 0 Å². The van der Waals surface area contributed by atoms with E-state index >= 15 is 0 Å². The average molecular weight is 337 g/mol. The third-order valence-corrected chi connectivity index (χ3v) is 5.17. The Hall–Kier alpha value is -1.96. The van der Waals surface area contributed by atoms with Crippen LogP contribution in [0, 0.1) is 24.0 Å². The summed E-state index contributed by atoms with van der Waals surface area (Å²) in [5.41, 5.74) is 0.973. The molecule has 134 valence electrons. The summed E-state index contributed by atoms with van der Waals surface area (Å²) < 4.78 is 1.55. The molecule has 1 N–H and O–H groups in total. The van der Waals surface area contributed by atoms with Crippen LogP contribution in [0.25, 0.3) is 0 Å². The van der Waals surface area contributed by atoms with E-state index in [1.54, 1.807) is 18.5 Å². The molecule has 8 nitrogen and oxygen atoms in total. The number of aryl methyl sites for hydroxylation is 2. The van der Waals surface area contributed by atoms with Gasteiger partial charge in [-0.2, -0.15) is 5.10 Å². The number of amides is 1. The minimum absolute atomic E-state index is 0.0351. The zero-order valence-electron chi connectivity index (χ0n) is 15.0. The fraction of sp³-hybridized carbons (Fsp3) is 0.750. The predicted octanol–water partition coefficient (Wildman–Crippen LogP) is 1.79. The van der Waals surface area contributed by atoms with Gasteiger partial charge in [0.25, 0.3) is 0 Å². The highest BCUT2D eigenvalue weighted by molar-refractivity contribution is 5.75. The normalized spacial score (nSPS) is 16.5. The fourth-order valence-electron chi connectivity index (χ4n) is 3.54. The number of carbonyl (C=O) groups excluding carboxylic acids is 1. The summed E-state index contributed by atoms with van der Waals surface area (Å²) >= 11 is 0. The summed E-state index contributed by atoms with van der Waals surface area (Å²) in [6, 6.07) is 0. The monoisotopic (exact) mass is 337 g/mol. The zero-order valence-corrected chi connectivity index (χ0v) is 15.0. The number of nitrogens with one attached hydrogen (secondary N) is 1. The van der Waals surface area contributed by atoms with E-state index in [0.717, 1.165) is 12.8 Å². The van der Waals surface area contributed by atoms with Crippen molar-refractivity contribution in [2.24, 2.45) is 0 Å². The van der Waals surface area contributed by atoms with Gasteiger partial charge in [-0.15, -0.1) is 0 Å². The molecule has 0 aromatic carbocycles. The van der Waals surface area contributed by atoms with Crippen LogP contribution in [-0.2, 0) is 11.3 Å². The molecule has 1 aromatic rings. The van der Waals surface area contributed by atoms with Gasteiger partial charge in [0.1, 0.15) is 11.4 Å². The van der Waals surface area contributed by atoms with E-state index in [4.69, 9.17) is 0 Å². The van der Waals surface area contributed by atoms with E-state index in [2.05, 4.69) is 29.4 Å². The van der Waals surface area contributed by atoms with Crippen molar-refractivity contribution in [1.29, 1.82) is 0 Å². The Morgan fingerprint density at radius 2 is 2.00 bits per heavy atom. The van der Waals surface area contributed by atoms with Crippen molar-refractivity contribution in [3.05, 3.63) is 21.5 Å². The number of rotatable bonds is 7. The Labute approximate surface area is 142 Å². The Balaban J connectivity index is 1.90. The van der Waals surface area contributed by atoms with Crippen LogP contribution in [0.1, 0.15) is 43.5 Å². The maximum Gasteiger partial charge on any atom is 0.312 e. The molecule has 1 aromatic heterocycles. The lowest BCUT2D eigenvalue weighted by molar-refractivity contribution is -0.386. The molecule has 1 heterocycles. The molecule has 0 aliphatic heterocycles. The Kier molecular flexibility index (Phi) is 5.58. The smallest absolute Gasteiger partial charge is 0.312 e. The molecule has 0 atom stereocenters. The van der Waals surface area contributed by atoms with Crippen molar-refractivity contribution in [3.63, 3.8) is 0 Å². The highest BCUT2D eigenvalue weighted by Gasteiger charge is 2.36. The van der Waals surface area contributed by atoms with E-state index < -0.39 is 4.92 Å². The molecule has 8 heteroatoms. The molecule has 2 rings (SSSR count). The highest BCUT2D eigenvalue weighted by Crippen LogP contribution is 2.33. The van der Waals surface area contributed by atoms with Gasteiger partial charge in [0.2, 0.25) is 5.91 Å². The number of hydrogen-bond acceptors (Lipinski definition) is 5. The van der Waals surface area contributed by atoms with Crippen LogP contribution in [0.2, 0.25) is 0 Å². The van der Waals surface area contributed by atoms with Crippen LogP contribution in [0.3, 0.4) is 0 Å². The maximum atomic E-state index is 12.2. The quantitative estimate of drug-likeness (QED) is 0.605. The van der Waals surface area contributed by atoms with Gasteiger partial charge in [-0.05, 0) is 40.8 Å². The second-order valence-corrected chi connectivity index (χ2v) is 6.85. The molecule has 0 spiro atoms. The SMILES string of the molecule is Cc1nn(CCC(=O)NCC2(N(C)C)CCCC2)c(C)c1[N+](=O)[O-]. The van der Waals surface area contributed by atoms with Crippen molar-refractivity contribution in [2.45, 2.75) is 58.0 Å². The van der Waals surface area contributed by atoms with Gasteiger partial charge in [-0.1, -0.05) is 12.8 Å². The molecule has 0 radical (unpaired) electrons. The number of nitrogens with zero attached hydrogens (tertiary/aromatic N) is 4. The molecule has 1 saturated carbocycles. The third-order valence-electron chi connectivity index (χ3n) is 5.17. The zero-order chi connectivity index (χ0) is 17.9. The lowest BCUT2D eigenvalue weighted by Crippen LogP contribution is -2.50. The lowest BCUT2D eigenvalue weighted by atomic mass is 9.96. The number of carbonyl (C=O) groups is 1. The van der Waals surface area contributed by atoms with Crippen molar-refractivity contribution < 1.29 is 9.72 Å². The van der Waals surface area contributed by atoms with Crippen LogP contribution in [0.15, 0.2) is 0 Å². The van der Waals surface area contributed by atoms with E-state index in [1.165, 1.54) is 12.8 Å². The molecular formula is C16H27N5O3. The van der Waals surface area contributed by atoms with Crippen molar-refractivity contribution in [2.75, 3.05) is 20.6 Å². The number of nitro groups is 1. The molecule has 24 heavy (non-hydrogen) atoms. The Morgan fingerprint density at radius 3 is 2.50 bits per heavy atom. The summed E-state index contributed by atoms with van der Waals surface area (Å²) in [4.78, 5) is 25.0. The van der Waals surface area contributed by atoms with Gasteiger partial charge in [0, 0.05) is 18.5 Å². The van der Waals surface area contributed by atoms with Crippen LogP contribution in [0.4, 0.5) is 5.69 Å². The predicted molar refractivity (Wildman–Crippen MR) is 90.9 cm³/mol. The maximum absolute atomic E-state index is 12.2. The summed E-state index contributed by atoms with van der Waals surface area (Å²) in [7, 11) is 4.12. The summed E-state index contributed by atoms with van der Waals surface area (Å²) in [5.74, 6) is -0.0432. The van der Waals surface area contributed by atoms with Gasteiger partial charge < -0.3 is 10.2 Å². The fourth-order valence-corrected chi connectivity index (χ4v) is 3.54. The first-order valence-electron chi connectivity index (χ1n) is 8.39. The van der Waals surface area contributed by atoms with Crippen molar-refractivity contribution >= 4 is 11.6 Å². The number of hydrogen-bond donors (Lipinski definition) is 1. The van der Waals surface area contributed by atoms with Crippen molar-refractivity contribution in [1.82, 2.24) is 20.0 Å². The van der Waals surface area contributed by atoms with E-state index in [1.807, 2.05) is 0 Å². The van der Waals surface area contributed by atoms with E-state index in [9.17, 15) is 14.9 Å². The summed E-state index contributed by atoms with van der Waals surface area (Å²) in [6.07, 6.45) is 4.86. The minimum Gasteiger partial charge on any atom is -0.354 e. The summed E-state index contributed by atoms with van der Waals surface area (Å²) in [5, 5.41) is 18.2. The van der Waals surface area contributed by atoms with Crippen LogP contribution < -0.4 is 5.32 Å². The van der Waals surface area contributed by atoms with Gasteiger partial charge in [-0.3, -0.25) is 19.6 Å². The Morgan fingerprint density at radius 1 is 1.38 bits per heavy atom. The molecule has 1 aliphatic carbocycles. The van der Waals surface area contributed by atoms with E-state index in [-0.39, 0.29) is 23.6 Å². The molecular weight excluding hydrogens is 310 g/mol. The first-order chi connectivity index (χ1) is 11.3. The van der Waals surface area contributed by atoms with Gasteiger partial charge in [0.05, 0.1) is 11.5 Å². The Bertz CT molecular complexity index is 617. The first-order valence-corrected chi connectivity index (χ1v) is 8.39. The van der Waals surface area contributed by atoms with Crippen LogP contribution >= 0.6 is 0 Å². The summed E-state index contributed by atoms with van der Waals surface area (Å²) in [6.45, 7) is 4.27. The minimum atomic E-state index is -0.421. The first kappa shape index (κ1) is 18.4. The van der Waals surface area contributed by atoms with Gasteiger partial charge in [-0.25, -0.2) is 0 Å². The van der Waals surface area contributed by atoms with Crippen LogP contribution in [-0.4, -0.2) is 51.7 Å². The molecule has 1 fully saturated rings. The molecule has 1 aliphatic rings. The van der Waals surface area contributed by atoms with E-state index in [0.29, 0.717) is 24.5 Å². The molecule has 0 unspecified atom stereocenters. The lowest BCUT2D eigenvalue weighted by Gasteiger charge is -2.36. The second kappa shape index (κ2) is 7.29. The highest BCUT2D eigenvalue weighted by atomic mass is 16.6. The molecule has 0 saturated heterocycles. The largest absolute Gasteiger partial charge is 0.354 e. The molecule has 0 bridgehead atoms. The average Bonchev–Trinajstić information content (AvgIpc) is 3.08. The number of likely N-dealkylation sites (N-methyl/N-ethyl adjacent to an activating group) is 1. The van der Waals surface area contributed by atoms with Crippen LogP contribution in [0.5, 0.6) is 0 Å². The van der Waals surface area contributed by atoms with Gasteiger partial charge >= 0.3 is 5.69 Å². The topological polar surface area (TPSA) is 93.3 Å². The third kappa shape index (κ3) is 3.75. The van der Waals surface area contributed by atoms with Crippen molar-refractivity contribution in [3.8, 4) is 0 Å². The molecule has 1 amide bonds. The second-order valence-electron chi connectivity index (χ2n) is 6.85. The standard InChI is InChI=1S/C16H27N5O3/c1-12-15(21(23)24)13(2)20(18-12)10-7-14(22)17-11-16(19(3)4)8-5-6-9-16/h5-11H2,1-4H3,(H,17,22).